The number of carbonyl (C=O) groups is 3. The second-order valence-electron chi connectivity index (χ2n) is 5.79. The van der Waals surface area contributed by atoms with Gasteiger partial charge < -0.3 is 15.4 Å². The van der Waals surface area contributed by atoms with E-state index in [2.05, 4.69) is 10.6 Å². The molecule has 0 fully saturated rings. The number of amides is 2. The van der Waals surface area contributed by atoms with Gasteiger partial charge in [0.25, 0.3) is 5.91 Å². The number of hydrogen-bond donors (Lipinski definition) is 2. The third kappa shape index (κ3) is 6.76. The Morgan fingerprint density at radius 3 is 2.19 bits per heavy atom. The Kier molecular flexibility index (Phi) is 7.36. The lowest BCUT2D eigenvalue weighted by atomic mass is 10.0. The molecule has 0 saturated carbocycles. The molecular weight excluding hydrogens is 332 g/mol. The fourth-order valence-electron chi connectivity index (χ4n) is 2.40. The lowest BCUT2D eigenvalue weighted by Crippen LogP contribution is -2.31. The lowest BCUT2D eigenvalue weighted by molar-refractivity contribution is -0.149. The van der Waals surface area contributed by atoms with Gasteiger partial charge in [0.2, 0.25) is 5.91 Å². The highest BCUT2D eigenvalue weighted by atomic mass is 16.5. The summed E-state index contributed by atoms with van der Waals surface area (Å²) in [6, 6.07) is 18.1. The molecule has 0 radical (unpaired) electrons. The van der Waals surface area contributed by atoms with Gasteiger partial charge in [-0.2, -0.15) is 0 Å². The van der Waals surface area contributed by atoms with Crippen LogP contribution in [0, 0.1) is 0 Å². The van der Waals surface area contributed by atoms with Gasteiger partial charge in [0.1, 0.15) is 0 Å². The van der Waals surface area contributed by atoms with Crippen molar-refractivity contribution in [2.75, 3.05) is 6.61 Å². The van der Waals surface area contributed by atoms with Crippen molar-refractivity contribution in [3.8, 4) is 0 Å². The van der Waals surface area contributed by atoms with Crippen LogP contribution in [-0.2, 0) is 25.7 Å². The van der Waals surface area contributed by atoms with Crippen LogP contribution in [0.3, 0.4) is 0 Å². The van der Waals surface area contributed by atoms with Crippen molar-refractivity contribution in [3.63, 3.8) is 0 Å². The van der Waals surface area contributed by atoms with E-state index in [1.807, 2.05) is 60.7 Å². The number of carbonyl (C=O) groups excluding carboxylic acids is 3. The summed E-state index contributed by atoms with van der Waals surface area (Å²) in [6.45, 7) is 1.40. The molecule has 2 amide bonds. The lowest BCUT2D eigenvalue weighted by Gasteiger charge is -2.17. The van der Waals surface area contributed by atoms with Crippen molar-refractivity contribution >= 4 is 17.8 Å². The monoisotopic (exact) mass is 354 g/mol. The molecule has 6 nitrogen and oxygen atoms in total. The Morgan fingerprint density at radius 2 is 1.58 bits per heavy atom. The second-order valence-corrected chi connectivity index (χ2v) is 5.79. The zero-order chi connectivity index (χ0) is 18.8. The molecule has 2 rings (SSSR count). The zero-order valence-corrected chi connectivity index (χ0v) is 14.6. The van der Waals surface area contributed by atoms with Crippen LogP contribution in [0.25, 0.3) is 0 Å². The molecule has 6 heteroatoms. The fourth-order valence-corrected chi connectivity index (χ4v) is 2.40. The molecule has 0 aromatic heterocycles. The van der Waals surface area contributed by atoms with Crippen molar-refractivity contribution in [2.45, 2.75) is 25.9 Å². The molecule has 0 aliphatic heterocycles. The first kappa shape index (κ1) is 19.2. The summed E-state index contributed by atoms with van der Waals surface area (Å²) in [5.41, 5.74) is 1.76. The minimum absolute atomic E-state index is 0.0461. The smallest absolute Gasteiger partial charge is 0.308 e. The van der Waals surface area contributed by atoms with Crippen LogP contribution in [0.5, 0.6) is 0 Å². The van der Waals surface area contributed by atoms with Crippen LogP contribution in [0.4, 0.5) is 0 Å². The number of hydrogen-bond acceptors (Lipinski definition) is 4. The Labute approximate surface area is 152 Å². The van der Waals surface area contributed by atoms with Crippen molar-refractivity contribution in [1.82, 2.24) is 10.6 Å². The largest absolute Gasteiger partial charge is 0.456 e. The van der Waals surface area contributed by atoms with Crippen molar-refractivity contribution in [2.24, 2.45) is 0 Å². The van der Waals surface area contributed by atoms with Crippen molar-refractivity contribution < 1.29 is 19.1 Å². The Morgan fingerprint density at radius 1 is 0.962 bits per heavy atom. The third-order valence-corrected chi connectivity index (χ3v) is 3.65. The van der Waals surface area contributed by atoms with Gasteiger partial charge in [-0.1, -0.05) is 60.7 Å². The number of benzene rings is 2. The van der Waals surface area contributed by atoms with Crippen LogP contribution in [0.1, 0.15) is 30.5 Å². The van der Waals surface area contributed by atoms with Crippen LogP contribution in [0.2, 0.25) is 0 Å². The van der Waals surface area contributed by atoms with Crippen LogP contribution in [0.15, 0.2) is 60.7 Å². The topological polar surface area (TPSA) is 84.5 Å². The van der Waals surface area contributed by atoms with Gasteiger partial charge in [-0.3, -0.25) is 14.4 Å². The van der Waals surface area contributed by atoms with Gasteiger partial charge in [-0.05, 0) is 11.1 Å². The summed E-state index contributed by atoms with van der Waals surface area (Å²) in [7, 11) is 0. The molecule has 0 spiro atoms. The van der Waals surface area contributed by atoms with Gasteiger partial charge in [-0.25, -0.2) is 0 Å². The predicted octanol–water partition coefficient (Wildman–Crippen LogP) is 2.11. The molecule has 136 valence electrons. The zero-order valence-electron chi connectivity index (χ0n) is 14.6. The average molecular weight is 354 g/mol. The molecule has 0 unspecified atom stereocenters. The minimum atomic E-state index is -0.553. The maximum atomic E-state index is 12.0. The number of rotatable bonds is 8. The fraction of sp³-hybridized carbons (Fsp3) is 0.250. The number of nitrogens with one attached hydrogen (secondary N) is 2. The molecule has 0 bridgehead atoms. The van der Waals surface area contributed by atoms with E-state index >= 15 is 0 Å². The van der Waals surface area contributed by atoms with Crippen LogP contribution >= 0.6 is 0 Å². The van der Waals surface area contributed by atoms with Gasteiger partial charge in [0.15, 0.2) is 6.61 Å². The van der Waals surface area contributed by atoms with E-state index in [0.29, 0.717) is 6.54 Å². The van der Waals surface area contributed by atoms with Gasteiger partial charge in [-0.15, -0.1) is 0 Å². The maximum Gasteiger partial charge on any atom is 0.308 e. The first-order chi connectivity index (χ1) is 12.5. The predicted molar refractivity (Wildman–Crippen MR) is 96.9 cm³/mol. The summed E-state index contributed by atoms with van der Waals surface area (Å²) in [5, 5.41) is 5.41. The highest BCUT2D eigenvalue weighted by Gasteiger charge is 2.18. The first-order valence-electron chi connectivity index (χ1n) is 8.33. The Bertz CT molecular complexity index is 732. The molecular formula is C20H22N2O4. The van der Waals surface area contributed by atoms with E-state index < -0.39 is 12.0 Å². The van der Waals surface area contributed by atoms with Gasteiger partial charge in [0.05, 0.1) is 12.5 Å². The summed E-state index contributed by atoms with van der Waals surface area (Å²) in [6.07, 6.45) is -0.0461. The average Bonchev–Trinajstić information content (AvgIpc) is 2.65. The number of esters is 1. The highest BCUT2D eigenvalue weighted by molar-refractivity contribution is 5.81. The molecule has 0 heterocycles. The van der Waals surface area contributed by atoms with Gasteiger partial charge >= 0.3 is 5.97 Å². The van der Waals surface area contributed by atoms with E-state index in [4.69, 9.17) is 4.74 Å². The molecule has 0 aliphatic carbocycles. The van der Waals surface area contributed by atoms with E-state index in [9.17, 15) is 14.4 Å². The molecule has 0 aliphatic rings. The molecule has 1 atom stereocenters. The van der Waals surface area contributed by atoms with E-state index in [-0.39, 0.29) is 24.8 Å². The first-order valence-corrected chi connectivity index (χ1v) is 8.33. The quantitative estimate of drug-likeness (QED) is 0.711. The summed E-state index contributed by atoms with van der Waals surface area (Å²) < 4.78 is 5.02. The SMILES string of the molecule is CC(=O)N[C@H](CC(=O)OCC(=O)NCc1ccccc1)c1ccccc1. The van der Waals surface area contributed by atoms with E-state index in [1.165, 1.54) is 6.92 Å². The Balaban J connectivity index is 1.80. The van der Waals surface area contributed by atoms with Crippen molar-refractivity contribution in [1.29, 1.82) is 0 Å². The highest BCUT2D eigenvalue weighted by Crippen LogP contribution is 2.17. The minimum Gasteiger partial charge on any atom is -0.456 e. The standard InChI is InChI=1S/C20H22N2O4/c1-15(23)22-18(17-10-6-3-7-11-17)12-20(25)26-14-19(24)21-13-16-8-4-2-5-9-16/h2-11,18H,12-14H2,1H3,(H,21,24)(H,22,23)/t18-/m1/s1. The Hall–Kier alpha value is -3.15. The van der Waals surface area contributed by atoms with Gasteiger partial charge in [0, 0.05) is 13.5 Å². The molecule has 2 N–H and O–H groups in total. The van der Waals surface area contributed by atoms with E-state index in [0.717, 1.165) is 11.1 Å². The normalized spacial score (nSPS) is 11.3. The summed E-state index contributed by atoms with van der Waals surface area (Å²) in [5.74, 6) is -1.17. The van der Waals surface area contributed by atoms with E-state index in [1.54, 1.807) is 0 Å². The molecule has 26 heavy (non-hydrogen) atoms. The number of ether oxygens (including phenoxy) is 1. The summed E-state index contributed by atoms with van der Waals surface area (Å²) in [4.78, 5) is 35.2. The molecule has 2 aromatic carbocycles. The molecule has 0 saturated heterocycles. The van der Waals surface area contributed by atoms with Crippen molar-refractivity contribution in [3.05, 3.63) is 71.8 Å². The third-order valence-electron chi connectivity index (χ3n) is 3.65. The summed E-state index contributed by atoms with van der Waals surface area (Å²) >= 11 is 0. The maximum absolute atomic E-state index is 12.0. The second kappa shape index (κ2) is 9.98. The van der Waals surface area contributed by atoms with Crippen LogP contribution < -0.4 is 10.6 Å². The molecule has 2 aromatic rings. The van der Waals surface area contributed by atoms with Crippen LogP contribution in [-0.4, -0.2) is 24.4 Å².